The molecule has 1 saturated carbocycles. The smallest absolute Gasteiger partial charge is 0.270 e. The fourth-order valence-corrected chi connectivity index (χ4v) is 2.89. The fraction of sp³-hybridized carbons (Fsp3) is 0.667. The van der Waals surface area contributed by atoms with Crippen molar-refractivity contribution in [2.45, 2.75) is 45.1 Å². The van der Waals surface area contributed by atoms with Crippen LogP contribution in [-0.4, -0.2) is 16.9 Å². The van der Waals surface area contributed by atoms with Crippen LogP contribution in [0.5, 0.6) is 0 Å². The summed E-state index contributed by atoms with van der Waals surface area (Å²) in [6, 6.07) is 0.273. The average Bonchev–Trinajstić information content (AvgIpc) is 2.83. The van der Waals surface area contributed by atoms with Gasteiger partial charge in [0.25, 0.3) is 5.91 Å². The highest BCUT2D eigenvalue weighted by Gasteiger charge is 2.22. The van der Waals surface area contributed by atoms with Crippen LogP contribution in [0.3, 0.4) is 0 Å². The molecule has 88 valence electrons. The van der Waals surface area contributed by atoms with E-state index < -0.39 is 0 Å². The molecule has 3 nitrogen and oxygen atoms in total. The van der Waals surface area contributed by atoms with Crippen molar-refractivity contribution in [2.75, 3.05) is 0 Å². The topological polar surface area (TPSA) is 42.0 Å². The molecule has 1 heterocycles. The van der Waals surface area contributed by atoms with E-state index in [2.05, 4.69) is 17.2 Å². The number of amides is 1. The van der Waals surface area contributed by atoms with Crippen molar-refractivity contribution in [3.63, 3.8) is 0 Å². The van der Waals surface area contributed by atoms with Gasteiger partial charge in [-0.3, -0.25) is 4.79 Å². The summed E-state index contributed by atoms with van der Waals surface area (Å²) in [4.78, 5) is 15.8. The molecule has 0 bridgehead atoms. The van der Waals surface area contributed by atoms with Gasteiger partial charge in [0.05, 0.1) is 5.51 Å². The second-order valence-electron chi connectivity index (χ2n) is 4.53. The van der Waals surface area contributed by atoms with Crippen LogP contribution in [0.15, 0.2) is 10.9 Å². The zero-order valence-electron chi connectivity index (χ0n) is 9.61. The van der Waals surface area contributed by atoms with Crippen molar-refractivity contribution < 1.29 is 4.79 Å². The molecule has 1 aliphatic carbocycles. The largest absolute Gasteiger partial charge is 0.348 e. The normalized spacial score (nSPS) is 19.3. The maximum Gasteiger partial charge on any atom is 0.270 e. The molecule has 1 N–H and O–H groups in total. The number of nitrogens with one attached hydrogen (secondary N) is 1. The van der Waals surface area contributed by atoms with Gasteiger partial charge < -0.3 is 5.32 Å². The monoisotopic (exact) mass is 238 g/mol. The van der Waals surface area contributed by atoms with Crippen LogP contribution in [0, 0.1) is 5.92 Å². The molecular formula is C12H18N2OS. The second-order valence-corrected chi connectivity index (χ2v) is 5.25. The number of thiazole rings is 1. The van der Waals surface area contributed by atoms with Gasteiger partial charge in [0, 0.05) is 11.4 Å². The zero-order chi connectivity index (χ0) is 11.4. The van der Waals surface area contributed by atoms with Gasteiger partial charge in [0.15, 0.2) is 0 Å². The standard InChI is InChI=1S/C12H18N2OS/c1-9(10-5-3-2-4-6-10)14-12(15)11-7-16-8-13-11/h7-10H,2-6H2,1H3,(H,14,15). The van der Waals surface area contributed by atoms with Crippen LogP contribution in [0.2, 0.25) is 0 Å². The minimum absolute atomic E-state index is 0.0284. The van der Waals surface area contributed by atoms with Crippen LogP contribution in [0.25, 0.3) is 0 Å². The van der Waals surface area contributed by atoms with Crippen molar-refractivity contribution in [2.24, 2.45) is 5.92 Å². The molecule has 1 unspecified atom stereocenters. The predicted octanol–water partition coefficient (Wildman–Crippen LogP) is 2.84. The zero-order valence-corrected chi connectivity index (χ0v) is 10.4. The summed E-state index contributed by atoms with van der Waals surface area (Å²) in [6.07, 6.45) is 6.46. The van der Waals surface area contributed by atoms with Crippen molar-refractivity contribution in [1.29, 1.82) is 0 Å². The quantitative estimate of drug-likeness (QED) is 0.879. The second kappa shape index (κ2) is 5.43. The van der Waals surface area contributed by atoms with E-state index in [1.165, 1.54) is 43.4 Å². The van der Waals surface area contributed by atoms with Crippen LogP contribution in [0.1, 0.15) is 49.5 Å². The first-order valence-corrected chi connectivity index (χ1v) is 6.90. The van der Waals surface area contributed by atoms with Gasteiger partial charge in [-0.05, 0) is 25.7 Å². The summed E-state index contributed by atoms with van der Waals surface area (Å²) < 4.78 is 0. The van der Waals surface area contributed by atoms with Crippen molar-refractivity contribution >= 4 is 17.2 Å². The highest BCUT2D eigenvalue weighted by atomic mass is 32.1. The van der Waals surface area contributed by atoms with E-state index in [1.807, 2.05) is 0 Å². The van der Waals surface area contributed by atoms with E-state index in [0.29, 0.717) is 11.6 Å². The average molecular weight is 238 g/mol. The summed E-state index contributed by atoms with van der Waals surface area (Å²) in [5, 5.41) is 4.85. The Morgan fingerprint density at radius 3 is 2.88 bits per heavy atom. The molecule has 0 aromatic carbocycles. The first-order valence-electron chi connectivity index (χ1n) is 5.96. The summed E-state index contributed by atoms with van der Waals surface area (Å²) in [5.74, 6) is 0.621. The Morgan fingerprint density at radius 1 is 1.50 bits per heavy atom. The van der Waals surface area contributed by atoms with E-state index >= 15 is 0 Å². The van der Waals surface area contributed by atoms with Gasteiger partial charge in [-0.2, -0.15) is 0 Å². The number of aromatic nitrogens is 1. The fourth-order valence-electron chi connectivity index (χ4n) is 2.36. The van der Waals surface area contributed by atoms with Gasteiger partial charge in [0.1, 0.15) is 5.69 Å². The lowest BCUT2D eigenvalue weighted by Gasteiger charge is -2.28. The first-order chi connectivity index (χ1) is 7.77. The Kier molecular flexibility index (Phi) is 3.93. The molecule has 0 radical (unpaired) electrons. The Morgan fingerprint density at radius 2 is 2.25 bits per heavy atom. The molecular weight excluding hydrogens is 220 g/mol. The highest BCUT2D eigenvalue weighted by Crippen LogP contribution is 2.26. The van der Waals surface area contributed by atoms with Crippen molar-refractivity contribution in [3.8, 4) is 0 Å². The lowest BCUT2D eigenvalue weighted by Crippen LogP contribution is -2.39. The maximum absolute atomic E-state index is 11.8. The third-order valence-corrected chi connectivity index (χ3v) is 3.97. The summed E-state index contributed by atoms with van der Waals surface area (Å²) in [6.45, 7) is 2.11. The SMILES string of the molecule is CC(NC(=O)c1cscn1)C1CCCCC1. The molecule has 0 spiro atoms. The summed E-state index contributed by atoms with van der Waals surface area (Å²) in [7, 11) is 0. The number of rotatable bonds is 3. The van der Waals surface area contributed by atoms with Crippen molar-refractivity contribution in [1.82, 2.24) is 10.3 Å². The number of carbonyl (C=O) groups is 1. The molecule has 2 rings (SSSR count). The van der Waals surface area contributed by atoms with E-state index in [9.17, 15) is 4.79 Å². The predicted molar refractivity (Wildman–Crippen MR) is 65.6 cm³/mol. The van der Waals surface area contributed by atoms with Crippen LogP contribution < -0.4 is 5.32 Å². The van der Waals surface area contributed by atoms with Crippen LogP contribution in [-0.2, 0) is 0 Å². The minimum Gasteiger partial charge on any atom is -0.348 e. The maximum atomic E-state index is 11.8. The van der Waals surface area contributed by atoms with E-state index in [-0.39, 0.29) is 11.9 Å². The van der Waals surface area contributed by atoms with Crippen LogP contribution >= 0.6 is 11.3 Å². The molecule has 1 aromatic rings. The summed E-state index contributed by atoms with van der Waals surface area (Å²) >= 11 is 1.46. The molecule has 1 aromatic heterocycles. The number of carbonyl (C=O) groups excluding carboxylic acids is 1. The van der Waals surface area contributed by atoms with Gasteiger partial charge in [-0.1, -0.05) is 19.3 Å². The van der Waals surface area contributed by atoms with Crippen LogP contribution in [0.4, 0.5) is 0 Å². The lowest BCUT2D eigenvalue weighted by atomic mass is 9.84. The Hall–Kier alpha value is -0.900. The van der Waals surface area contributed by atoms with Gasteiger partial charge in [0.2, 0.25) is 0 Å². The molecule has 16 heavy (non-hydrogen) atoms. The minimum atomic E-state index is -0.0284. The Labute approximate surface area is 100 Å². The molecule has 0 saturated heterocycles. The van der Waals surface area contributed by atoms with Gasteiger partial charge in [-0.15, -0.1) is 11.3 Å². The number of hydrogen-bond acceptors (Lipinski definition) is 3. The Balaban J connectivity index is 1.86. The van der Waals surface area contributed by atoms with E-state index in [4.69, 9.17) is 0 Å². The molecule has 0 aliphatic heterocycles. The van der Waals surface area contributed by atoms with Gasteiger partial charge >= 0.3 is 0 Å². The lowest BCUT2D eigenvalue weighted by molar-refractivity contribution is 0.0915. The van der Waals surface area contributed by atoms with E-state index in [1.54, 1.807) is 10.9 Å². The Bertz CT molecular complexity index is 331. The third kappa shape index (κ3) is 2.82. The van der Waals surface area contributed by atoms with Gasteiger partial charge in [-0.25, -0.2) is 4.98 Å². The highest BCUT2D eigenvalue weighted by molar-refractivity contribution is 7.07. The molecule has 1 atom stereocenters. The van der Waals surface area contributed by atoms with E-state index in [0.717, 1.165) is 0 Å². The van der Waals surface area contributed by atoms with Crippen molar-refractivity contribution in [3.05, 3.63) is 16.6 Å². The third-order valence-electron chi connectivity index (χ3n) is 3.38. The summed E-state index contributed by atoms with van der Waals surface area (Å²) in [5.41, 5.74) is 2.24. The molecule has 1 amide bonds. The first kappa shape index (κ1) is 11.6. The number of hydrogen-bond donors (Lipinski definition) is 1. The molecule has 1 fully saturated rings. The molecule has 1 aliphatic rings. The molecule has 4 heteroatoms. The number of nitrogens with zero attached hydrogens (tertiary/aromatic N) is 1.